The zero-order valence-corrected chi connectivity index (χ0v) is 13.7. The second-order valence-electron chi connectivity index (χ2n) is 5.23. The third-order valence-electron chi connectivity index (χ3n) is 3.47. The first kappa shape index (κ1) is 15.9. The van der Waals surface area contributed by atoms with Crippen molar-refractivity contribution in [3.8, 4) is 11.1 Å². The lowest BCUT2D eigenvalue weighted by Crippen LogP contribution is -2.30. The number of sulfonamides is 1. The van der Waals surface area contributed by atoms with Crippen LogP contribution in [0.4, 0.5) is 0 Å². The molecule has 0 aliphatic rings. The Bertz CT molecular complexity index is 962. The molecule has 24 heavy (non-hydrogen) atoms. The van der Waals surface area contributed by atoms with E-state index in [1.807, 2.05) is 35.1 Å². The summed E-state index contributed by atoms with van der Waals surface area (Å²) in [5, 5.41) is 3.79. The number of aryl methyl sites for hydroxylation is 1. The molecular weight excluding hydrogens is 326 g/mol. The van der Waals surface area contributed by atoms with Gasteiger partial charge in [0.05, 0.1) is 6.20 Å². The van der Waals surface area contributed by atoms with Gasteiger partial charge in [0.2, 0.25) is 0 Å². The molecule has 0 fully saturated rings. The van der Waals surface area contributed by atoms with Crippen molar-refractivity contribution in [3.63, 3.8) is 0 Å². The fourth-order valence-electron chi connectivity index (χ4n) is 2.22. The van der Waals surface area contributed by atoms with Gasteiger partial charge in [-0.15, -0.1) is 0 Å². The molecular formula is C17H15N3O3S. The molecule has 0 saturated carbocycles. The Kier molecular flexibility index (Phi) is 4.18. The first-order chi connectivity index (χ1) is 11.5. The molecule has 0 spiro atoms. The average Bonchev–Trinajstić information content (AvgIpc) is 3.03. The minimum absolute atomic E-state index is 0.0562. The summed E-state index contributed by atoms with van der Waals surface area (Å²) in [7, 11) is -2.33. The summed E-state index contributed by atoms with van der Waals surface area (Å²) in [5.41, 5.74) is 2.23. The van der Waals surface area contributed by atoms with Gasteiger partial charge in [-0.25, -0.2) is 13.1 Å². The van der Waals surface area contributed by atoms with Gasteiger partial charge < -0.3 is 0 Å². The van der Waals surface area contributed by atoms with Crippen molar-refractivity contribution in [2.24, 2.45) is 7.05 Å². The van der Waals surface area contributed by atoms with Gasteiger partial charge in [0.15, 0.2) is 0 Å². The predicted octanol–water partition coefficient (Wildman–Crippen LogP) is 2.21. The molecule has 7 heteroatoms. The summed E-state index contributed by atoms with van der Waals surface area (Å²) >= 11 is 0. The number of benzene rings is 2. The van der Waals surface area contributed by atoms with Crippen LogP contribution in [-0.2, 0) is 17.1 Å². The van der Waals surface area contributed by atoms with Crippen LogP contribution in [0.25, 0.3) is 11.1 Å². The van der Waals surface area contributed by atoms with Gasteiger partial charge >= 0.3 is 0 Å². The number of aromatic nitrogens is 2. The first-order valence-corrected chi connectivity index (χ1v) is 8.65. The Morgan fingerprint density at radius 3 is 2.21 bits per heavy atom. The summed E-state index contributed by atoms with van der Waals surface area (Å²) in [4.78, 5) is 12.1. The molecule has 122 valence electrons. The molecule has 2 aromatic carbocycles. The summed E-state index contributed by atoms with van der Waals surface area (Å²) in [5.74, 6) is -0.682. The van der Waals surface area contributed by atoms with Crippen LogP contribution in [0, 0.1) is 0 Å². The van der Waals surface area contributed by atoms with Crippen molar-refractivity contribution < 1.29 is 13.2 Å². The van der Waals surface area contributed by atoms with Crippen molar-refractivity contribution in [2.75, 3.05) is 0 Å². The number of hydrogen-bond donors (Lipinski definition) is 1. The van der Waals surface area contributed by atoms with E-state index in [0.29, 0.717) is 0 Å². The van der Waals surface area contributed by atoms with E-state index in [-0.39, 0.29) is 10.5 Å². The number of rotatable bonds is 4. The highest BCUT2D eigenvalue weighted by atomic mass is 32.2. The van der Waals surface area contributed by atoms with Gasteiger partial charge in [-0.1, -0.05) is 42.5 Å². The average molecular weight is 341 g/mol. The highest BCUT2D eigenvalue weighted by Crippen LogP contribution is 2.19. The molecule has 0 saturated heterocycles. The van der Waals surface area contributed by atoms with Gasteiger partial charge in [-0.05, 0) is 23.3 Å². The Hall–Kier alpha value is -2.93. The van der Waals surface area contributed by atoms with Crippen LogP contribution in [-0.4, -0.2) is 24.1 Å². The molecule has 0 radical (unpaired) electrons. The number of nitrogens with zero attached hydrogens (tertiary/aromatic N) is 2. The molecule has 3 aromatic rings. The Balaban J connectivity index is 1.78. The largest absolute Gasteiger partial charge is 0.274 e. The van der Waals surface area contributed by atoms with E-state index in [0.717, 1.165) is 11.1 Å². The molecule has 1 amide bonds. The van der Waals surface area contributed by atoms with E-state index in [2.05, 4.69) is 5.10 Å². The van der Waals surface area contributed by atoms with Crippen molar-refractivity contribution in [2.45, 2.75) is 4.90 Å². The van der Waals surface area contributed by atoms with Gasteiger partial charge in [0, 0.05) is 18.8 Å². The van der Waals surface area contributed by atoms with Crippen LogP contribution in [0.3, 0.4) is 0 Å². The van der Waals surface area contributed by atoms with E-state index >= 15 is 0 Å². The molecule has 3 rings (SSSR count). The lowest BCUT2D eigenvalue weighted by Gasteiger charge is -2.06. The maximum Gasteiger partial charge on any atom is 0.267 e. The third-order valence-corrected chi connectivity index (χ3v) is 4.76. The molecule has 1 aromatic heterocycles. The molecule has 0 aliphatic heterocycles. The lowest BCUT2D eigenvalue weighted by atomic mass is 10.0. The highest BCUT2D eigenvalue weighted by Gasteiger charge is 2.20. The van der Waals surface area contributed by atoms with Crippen LogP contribution < -0.4 is 4.72 Å². The third kappa shape index (κ3) is 3.36. The van der Waals surface area contributed by atoms with E-state index in [9.17, 15) is 13.2 Å². The van der Waals surface area contributed by atoms with E-state index in [1.165, 1.54) is 17.1 Å². The van der Waals surface area contributed by atoms with Crippen LogP contribution in [0.15, 0.2) is 71.9 Å². The number of hydrogen-bond acceptors (Lipinski definition) is 4. The summed E-state index contributed by atoms with van der Waals surface area (Å²) in [6.07, 6.45) is 2.52. The van der Waals surface area contributed by atoms with Gasteiger partial charge in [0.1, 0.15) is 4.90 Å². The Morgan fingerprint density at radius 2 is 1.62 bits per heavy atom. The zero-order valence-electron chi connectivity index (χ0n) is 12.9. The molecule has 0 unspecified atom stereocenters. The fraction of sp³-hybridized carbons (Fsp3) is 0.0588. The second-order valence-corrected chi connectivity index (χ2v) is 6.91. The SMILES string of the molecule is Cn1cc(S(=O)(=O)NC(=O)c2ccc(-c3ccccc3)cc2)cn1. The monoisotopic (exact) mass is 341 g/mol. The lowest BCUT2D eigenvalue weighted by molar-refractivity contribution is 0.0981. The van der Waals surface area contributed by atoms with E-state index in [1.54, 1.807) is 31.3 Å². The summed E-state index contributed by atoms with van der Waals surface area (Å²) in [6.45, 7) is 0. The zero-order chi connectivity index (χ0) is 17.2. The van der Waals surface area contributed by atoms with Gasteiger partial charge in [-0.3, -0.25) is 9.48 Å². The fourth-order valence-corrected chi connectivity index (χ4v) is 3.18. The predicted molar refractivity (Wildman–Crippen MR) is 89.7 cm³/mol. The smallest absolute Gasteiger partial charge is 0.267 e. The van der Waals surface area contributed by atoms with Crippen LogP contribution in [0.5, 0.6) is 0 Å². The normalized spacial score (nSPS) is 11.2. The standard InChI is InChI=1S/C17H15N3O3S/c1-20-12-16(11-18-20)24(22,23)19-17(21)15-9-7-14(8-10-15)13-5-3-2-4-6-13/h2-12H,1H3,(H,19,21). The topological polar surface area (TPSA) is 81.1 Å². The Labute approximate surface area is 139 Å². The molecule has 0 atom stereocenters. The second kappa shape index (κ2) is 6.29. The molecule has 0 bridgehead atoms. The van der Waals surface area contributed by atoms with Crippen LogP contribution in [0.1, 0.15) is 10.4 Å². The maximum absolute atomic E-state index is 12.2. The molecule has 1 N–H and O–H groups in total. The minimum Gasteiger partial charge on any atom is -0.274 e. The van der Waals surface area contributed by atoms with Gasteiger partial charge in [0.25, 0.3) is 15.9 Å². The minimum atomic E-state index is -3.93. The molecule has 0 aliphatic carbocycles. The van der Waals surface area contributed by atoms with E-state index in [4.69, 9.17) is 0 Å². The summed E-state index contributed by atoms with van der Waals surface area (Å²) in [6, 6.07) is 16.4. The maximum atomic E-state index is 12.2. The van der Waals surface area contributed by atoms with Crippen LogP contribution >= 0.6 is 0 Å². The van der Waals surface area contributed by atoms with Crippen molar-refractivity contribution in [1.82, 2.24) is 14.5 Å². The number of nitrogens with one attached hydrogen (secondary N) is 1. The number of carbonyl (C=O) groups is 1. The molecule has 6 nitrogen and oxygen atoms in total. The molecule has 1 heterocycles. The number of carbonyl (C=O) groups excluding carboxylic acids is 1. The highest BCUT2D eigenvalue weighted by molar-refractivity contribution is 7.90. The van der Waals surface area contributed by atoms with Gasteiger partial charge in [-0.2, -0.15) is 5.10 Å². The van der Waals surface area contributed by atoms with Crippen molar-refractivity contribution in [1.29, 1.82) is 0 Å². The van der Waals surface area contributed by atoms with Crippen molar-refractivity contribution in [3.05, 3.63) is 72.6 Å². The van der Waals surface area contributed by atoms with E-state index < -0.39 is 15.9 Å². The quantitative estimate of drug-likeness (QED) is 0.789. The van der Waals surface area contributed by atoms with Crippen molar-refractivity contribution >= 4 is 15.9 Å². The first-order valence-electron chi connectivity index (χ1n) is 7.17. The Morgan fingerprint density at radius 1 is 1.00 bits per heavy atom. The summed E-state index contributed by atoms with van der Waals surface area (Å²) < 4.78 is 27.7. The number of amides is 1. The van der Waals surface area contributed by atoms with Crippen LogP contribution in [0.2, 0.25) is 0 Å².